The molecule has 0 aliphatic heterocycles. The second-order valence-corrected chi connectivity index (χ2v) is 5.04. The zero-order chi connectivity index (χ0) is 15.7. The van der Waals surface area contributed by atoms with Crippen LogP contribution in [0.25, 0.3) is 10.9 Å². The van der Waals surface area contributed by atoms with Crippen LogP contribution < -0.4 is 10.7 Å². The zero-order valence-electron chi connectivity index (χ0n) is 11.8. The lowest BCUT2D eigenvalue weighted by Crippen LogP contribution is -2.22. The summed E-state index contributed by atoms with van der Waals surface area (Å²) in [5, 5.41) is 2.82. The van der Waals surface area contributed by atoms with E-state index < -0.39 is 17.2 Å². The van der Waals surface area contributed by atoms with Crippen molar-refractivity contribution in [3.63, 3.8) is 0 Å². The summed E-state index contributed by atoms with van der Waals surface area (Å²) in [7, 11) is 0. The number of aromatic amines is 1. The van der Waals surface area contributed by atoms with Gasteiger partial charge in [0.1, 0.15) is 11.4 Å². The molecule has 3 rings (SSSR count). The fourth-order valence-electron chi connectivity index (χ4n) is 2.28. The third kappa shape index (κ3) is 2.61. The zero-order valence-corrected chi connectivity index (χ0v) is 11.8. The van der Waals surface area contributed by atoms with Crippen LogP contribution in [0, 0.1) is 12.7 Å². The van der Waals surface area contributed by atoms with Crippen LogP contribution in [0.5, 0.6) is 0 Å². The minimum Gasteiger partial charge on any atom is -0.360 e. The van der Waals surface area contributed by atoms with Crippen molar-refractivity contribution < 1.29 is 9.18 Å². The fraction of sp³-hybridized carbons (Fsp3) is 0.0588. The molecule has 0 atom stereocenters. The molecule has 0 unspecified atom stereocenters. The monoisotopic (exact) mass is 296 g/mol. The van der Waals surface area contributed by atoms with E-state index in [0.29, 0.717) is 11.2 Å². The van der Waals surface area contributed by atoms with Gasteiger partial charge in [-0.15, -0.1) is 0 Å². The molecule has 0 saturated carbocycles. The quantitative estimate of drug-likeness (QED) is 0.762. The normalized spacial score (nSPS) is 10.6. The van der Waals surface area contributed by atoms with Gasteiger partial charge >= 0.3 is 0 Å². The number of hydrogen-bond donors (Lipinski definition) is 2. The van der Waals surface area contributed by atoms with Crippen LogP contribution >= 0.6 is 0 Å². The van der Waals surface area contributed by atoms with Crippen LogP contribution in [0.2, 0.25) is 0 Å². The summed E-state index contributed by atoms with van der Waals surface area (Å²) in [5.41, 5.74) is 1.52. The molecule has 0 aliphatic rings. The molecule has 1 aromatic heterocycles. The number of carbonyl (C=O) groups excluding carboxylic acids is 1. The van der Waals surface area contributed by atoms with Gasteiger partial charge in [0.15, 0.2) is 0 Å². The van der Waals surface area contributed by atoms with Crippen LogP contribution in [0.15, 0.2) is 53.5 Å². The molecule has 4 nitrogen and oxygen atoms in total. The Kier molecular flexibility index (Phi) is 3.47. The Hall–Kier alpha value is -2.95. The first-order chi connectivity index (χ1) is 10.5. The molecule has 5 heteroatoms. The summed E-state index contributed by atoms with van der Waals surface area (Å²) in [4.78, 5) is 27.4. The van der Waals surface area contributed by atoms with Gasteiger partial charge in [-0.2, -0.15) is 0 Å². The van der Waals surface area contributed by atoms with E-state index in [2.05, 4.69) is 10.3 Å². The van der Waals surface area contributed by atoms with Gasteiger partial charge in [0.25, 0.3) is 5.91 Å². The van der Waals surface area contributed by atoms with E-state index in [4.69, 9.17) is 0 Å². The molecule has 2 aromatic carbocycles. The summed E-state index contributed by atoms with van der Waals surface area (Å²) in [6.07, 6.45) is 1.34. The molecule has 0 fully saturated rings. The van der Waals surface area contributed by atoms with Crippen LogP contribution in [-0.2, 0) is 0 Å². The number of halogens is 1. The van der Waals surface area contributed by atoms with Gasteiger partial charge in [0.05, 0.1) is 0 Å². The maximum absolute atomic E-state index is 13.3. The van der Waals surface area contributed by atoms with E-state index in [9.17, 15) is 14.0 Å². The largest absolute Gasteiger partial charge is 0.360 e. The van der Waals surface area contributed by atoms with Crippen molar-refractivity contribution in [2.45, 2.75) is 6.92 Å². The second kappa shape index (κ2) is 5.44. The third-order valence-corrected chi connectivity index (χ3v) is 3.36. The highest BCUT2D eigenvalue weighted by Gasteiger charge is 2.13. The van der Waals surface area contributed by atoms with E-state index >= 15 is 0 Å². The van der Waals surface area contributed by atoms with Gasteiger partial charge in [-0.25, -0.2) is 4.39 Å². The van der Waals surface area contributed by atoms with Crippen molar-refractivity contribution in [1.82, 2.24) is 4.98 Å². The van der Waals surface area contributed by atoms with E-state index in [-0.39, 0.29) is 10.9 Å². The van der Waals surface area contributed by atoms with E-state index in [0.717, 1.165) is 11.6 Å². The summed E-state index contributed by atoms with van der Waals surface area (Å²) < 4.78 is 13.3. The Morgan fingerprint density at radius 1 is 1.18 bits per heavy atom. The van der Waals surface area contributed by atoms with Gasteiger partial charge in [-0.1, -0.05) is 12.1 Å². The molecule has 1 heterocycles. The first-order valence-corrected chi connectivity index (χ1v) is 6.73. The topological polar surface area (TPSA) is 62.0 Å². The van der Waals surface area contributed by atoms with E-state index in [1.807, 2.05) is 19.1 Å². The predicted octanol–water partition coefficient (Wildman–Crippen LogP) is 3.23. The predicted molar refractivity (Wildman–Crippen MR) is 83.7 cm³/mol. The maximum atomic E-state index is 13.3. The highest BCUT2D eigenvalue weighted by atomic mass is 19.1. The number of pyridine rings is 1. The number of amides is 1. The SMILES string of the molecule is Cc1cccc(NC(=O)c2c[nH]c3ccc(F)cc3c2=O)c1. The van der Waals surface area contributed by atoms with Crippen LogP contribution in [0.1, 0.15) is 15.9 Å². The molecule has 0 bridgehead atoms. The van der Waals surface area contributed by atoms with Crippen molar-refractivity contribution in [1.29, 1.82) is 0 Å². The highest BCUT2D eigenvalue weighted by Crippen LogP contribution is 2.13. The smallest absolute Gasteiger partial charge is 0.261 e. The summed E-state index contributed by atoms with van der Waals surface area (Å²) in [5.74, 6) is -1.05. The van der Waals surface area contributed by atoms with Gasteiger partial charge in [0.2, 0.25) is 5.43 Å². The Morgan fingerprint density at radius 2 is 2.00 bits per heavy atom. The fourth-order valence-corrected chi connectivity index (χ4v) is 2.28. The highest BCUT2D eigenvalue weighted by molar-refractivity contribution is 6.05. The third-order valence-electron chi connectivity index (χ3n) is 3.36. The Morgan fingerprint density at radius 3 is 2.77 bits per heavy atom. The molecule has 0 aliphatic carbocycles. The Labute approximate surface area is 125 Å². The number of benzene rings is 2. The first-order valence-electron chi connectivity index (χ1n) is 6.73. The molecule has 0 radical (unpaired) electrons. The van der Waals surface area contributed by atoms with Gasteiger partial charge in [0, 0.05) is 22.8 Å². The summed E-state index contributed by atoms with van der Waals surface area (Å²) >= 11 is 0. The van der Waals surface area contributed by atoms with Gasteiger partial charge < -0.3 is 10.3 Å². The van der Waals surface area contributed by atoms with Gasteiger partial charge in [-0.3, -0.25) is 9.59 Å². The number of H-pyrrole nitrogens is 1. The van der Waals surface area contributed by atoms with Crippen molar-refractivity contribution >= 4 is 22.5 Å². The van der Waals surface area contributed by atoms with E-state index in [1.54, 1.807) is 12.1 Å². The molecule has 0 saturated heterocycles. The minimum atomic E-state index is -0.530. The number of carbonyl (C=O) groups is 1. The number of aryl methyl sites for hydroxylation is 1. The summed E-state index contributed by atoms with van der Waals surface area (Å²) in [6, 6.07) is 11.1. The average Bonchev–Trinajstić information content (AvgIpc) is 2.48. The maximum Gasteiger partial charge on any atom is 0.261 e. The number of fused-ring (bicyclic) bond motifs is 1. The lowest BCUT2D eigenvalue weighted by atomic mass is 10.1. The second-order valence-electron chi connectivity index (χ2n) is 5.04. The minimum absolute atomic E-state index is 0.0559. The number of aromatic nitrogens is 1. The van der Waals surface area contributed by atoms with E-state index in [1.165, 1.54) is 18.3 Å². The number of rotatable bonds is 2. The molecule has 110 valence electrons. The van der Waals surface area contributed by atoms with Crippen LogP contribution in [-0.4, -0.2) is 10.9 Å². The van der Waals surface area contributed by atoms with Crippen molar-refractivity contribution in [2.75, 3.05) is 5.32 Å². The number of hydrogen-bond acceptors (Lipinski definition) is 2. The van der Waals surface area contributed by atoms with Gasteiger partial charge in [-0.05, 0) is 42.8 Å². The molecule has 22 heavy (non-hydrogen) atoms. The molecule has 2 N–H and O–H groups in total. The van der Waals surface area contributed by atoms with Crippen LogP contribution in [0.3, 0.4) is 0 Å². The van der Waals surface area contributed by atoms with Crippen LogP contribution in [0.4, 0.5) is 10.1 Å². The Bertz CT molecular complexity index is 931. The molecule has 1 amide bonds. The Balaban J connectivity index is 2.01. The average molecular weight is 296 g/mol. The molecule has 3 aromatic rings. The number of anilines is 1. The number of nitrogens with one attached hydrogen (secondary N) is 2. The summed E-state index contributed by atoms with van der Waals surface area (Å²) in [6.45, 7) is 1.90. The molecular weight excluding hydrogens is 283 g/mol. The van der Waals surface area contributed by atoms with Crippen molar-refractivity contribution in [3.8, 4) is 0 Å². The standard InChI is InChI=1S/C17H13FN2O2/c1-10-3-2-4-12(7-10)20-17(22)14-9-19-15-6-5-11(18)8-13(15)16(14)21/h2-9H,1H3,(H,19,21)(H,20,22). The molecular formula is C17H13FN2O2. The lowest BCUT2D eigenvalue weighted by molar-refractivity contribution is 0.102. The lowest BCUT2D eigenvalue weighted by Gasteiger charge is -2.06. The first kappa shape index (κ1) is 14.0. The van der Waals surface area contributed by atoms with Crippen molar-refractivity contribution in [3.05, 3.63) is 75.8 Å². The molecule has 0 spiro atoms. The van der Waals surface area contributed by atoms with Crippen molar-refractivity contribution in [2.24, 2.45) is 0 Å².